The van der Waals surface area contributed by atoms with Crippen molar-refractivity contribution in [2.75, 3.05) is 31.1 Å². The first kappa shape index (κ1) is 19.5. The second-order valence-electron chi connectivity index (χ2n) is 9.09. The minimum atomic E-state index is 0.401. The third-order valence-corrected chi connectivity index (χ3v) is 6.66. The number of hydrogen-bond acceptors (Lipinski definition) is 5. The molecule has 5 rings (SSSR count). The number of anilines is 1. The smallest absolute Gasteiger partial charge is 0.157 e. The lowest BCUT2D eigenvalue weighted by Gasteiger charge is -2.32. The van der Waals surface area contributed by atoms with Crippen molar-refractivity contribution in [3.05, 3.63) is 48.2 Å². The van der Waals surface area contributed by atoms with Gasteiger partial charge in [0.05, 0.1) is 11.8 Å². The van der Waals surface area contributed by atoms with E-state index in [1.807, 2.05) is 24.8 Å². The normalized spacial score (nSPS) is 18.7. The highest BCUT2D eigenvalue weighted by Crippen LogP contribution is 2.34. The van der Waals surface area contributed by atoms with Gasteiger partial charge in [-0.3, -0.25) is 9.88 Å². The van der Waals surface area contributed by atoms with Gasteiger partial charge in [0, 0.05) is 49.7 Å². The van der Waals surface area contributed by atoms with E-state index < -0.39 is 0 Å². The third kappa shape index (κ3) is 3.81. The first-order valence-corrected chi connectivity index (χ1v) is 11.4. The Balaban J connectivity index is 1.39. The average molecular weight is 405 g/mol. The Morgan fingerprint density at radius 2 is 1.90 bits per heavy atom. The van der Waals surface area contributed by atoms with Crippen LogP contribution in [0.15, 0.2) is 36.9 Å². The van der Waals surface area contributed by atoms with Crippen molar-refractivity contribution in [3.63, 3.8) is 0 Å². The van der Waals surface area contributed by atoms with E-state index in [0.29, 0.717) is 12.0 Å². The second-order valence-corrected chi connectivity index (χ2v) is 9.09. The van der Waals surface area contributed by atoms with Gasteiger partial charge in [-0.15, -0.1) is 0 Å². The van der Waals surface area contributed by atoms with Crippen molar-refractivity contribution in [1.82, 2.24) is 24.4 Å². The fraction of sp³-hybridized carbons (Fsp3) is 0.542. The van der Waals surface area contributed by atoms with E-state index in [2.05, 4.69) is 45.3 Å². The summed E-state index contributed by atoms with van der Waals surface area (Å²) < 4.78 is 2.30. The predicted octanol–water partition coefficient (Wildman–Crippen LogP) is 4.39. The molecule has 0 N–H and O–H groups in total. The molecule has 2 fully saturated rings. The number of imidazole rings is 1. The summed E-state index contributed by atoms with van der Waals surface area (Å²) in [4.78, 5) is 19.2. The molecule has 3 aromatic heterocycles. The third-order valence-electron chi connectivity index (χ3n) is 6.66. The molecule has 2 aliphatic heterocycles. The second kappa shape index (κ2) is 8.34. The summed E-state index contributed by atoms with van der Waals surface area (Å²) >= 11 is 0. The van der Waals surface area contributed by atoms with Crippen LogP contribution in [0.4, 0.5) is 5.82 Å². The van der Waals surface area contributed by atoms with Crippen LogP contribution in [0.1, 0.15) is 62.7 Å². The quantitative estimate of drug-likeness (QED) is 0.631. The van der Waals surface area contributed by atoms with E-state index in [4.69, 9.17) is 9.97 Å². The predicted molar refractivity (Wildman–Crippen MR) is 121 cm³/mol. The topological polar surface area (TPSA) is 50.1 Å². The number of hydrogen-bond donors (Lipinski definition) is 0. The zero-order valence-corrected chi connectivity index (χ0v) is 18.2. The molecule has 30 heavy (non-hydrogen) atoms. The van der Waals surface area contributed by atoms with Gasteiger partial charge in [0.1, 0.15) is 5.52 Å². The summed E-state index contributed by atoms with van der Waals surface area (Å²) in [5.74, 6) is 1.63. The molecule has 2 aliphatic rings. The molecular weight excluding hydrogens is 372 g/mol. The zero-order chi connectivity index (χ0) is 20.5. The Morgan fingerprint density at radius 3 is 2.60 bits per heavy atom. The van der Waals surface area contributed by atoms with Crippen molar-refractivity contribution < 1.29 is 0 Å². The van der Waals surface area contributed by atoms with E-state index in [1.165, 1.54) is 29.6 Å². The van der Waals surface area contributed by atoms with Crippen LogP contribution in [0.3, 0.4) is 0 Å². The lowest BCUT2D eigenvalue weighted by atomic mass is 9.92. The number of nitrogens with zero attached hydrogens (tertiary/aromatic N) is 6. The van der Waals surface area contributed by atoms with Gasteiger partial charge in [-0.2, -0.15) is 0 Å². The Morgan fingerprint density at radius 1 is 1.10 bits per heavy atom. The average Bonchev–Trinajstić information content (AvgIpc) is 3.44. The van der Waals surface area contributed by atoms with E-state index in [0.717, 1.165) is 56.9 Å². The van der Waals surface area contributed by atoms with Gasteiger partial charge in [-0.1, -0.05) is 6.07 Å². The maximum absolute atomic E-state index is 5.21. The Hall–Kier alpha value is -2.47. The molecular formula is C24H32N6. The minimum absolute atomic E-state index is 0.401. The Bertz CT molecular complexity index is 982. The summed E-state index contributed by atoms with van der Waals surface area (Å²) in [6.45, 7) is 9.88. The minimum Gasteiger partial charge on any atom is -0.355 e. The van der Waals surface area contributed by atoms with Gasteiger partial charge < -0.3 is 9.47 Å². The summed E-state index contributed by atoms with van der Waals surface area (Å²) in [7, 11) is 0. The van der Waals surface area contributed by atoms with Gasteiger partial charge in [0.15, 0.2) is 5.82 Å². The van der Waals surface area contributed by atoms with Gasteiger partial charge in [-0.25, -0.2) is 9.97 Å². The summed E-state index contributed by atoms with van der Waals surface area (Å²) in [5.41, 5.74) is 4.87. The highest BCUT2D eigenvalue weighted by atomic mass is 15.2. The molecule has 2 saturated heterocycles. The molecule has 3 aromatic rings. The number of rotatable bonds is 5. The van der Waals surface area contributed by atoms with Gasteiger partial charge in [0.2, 0.25) is 0 Å². The van der Waals surface area contributed by atoms with Crippen molar-refractivity contribution in [3.8, 4) is 0 Å². The fourth-order valence-corrected chi connectivity index (χ4v) is 4.94. The van der Waals surface area contributed by atoms with Crippen LogP contribution in [0, 0.1) is 0 Å². The standard InChI is InChI=1S/C24H32N6/c1-18(2)30-17-26-23-22(30)14-21(27-24(23)29-10-3-4-11-29)20-7-12-28(13-8-20)16-19-6-5-9-25-15-19/h5-6,9,14-15,17-18,20H,3-4,7-8,10-13,16H2,1-2H3. The van der Waals surface area contributed by atoms with Crippen LogP contribution in [0.5, 0.6) is 0 Å². The van der Waals surface area contributed by atoms with Crippen LogP contribution < -0.4 is 4.90 Å². The van der Waals surface area contributed by atoms with Crippen molar-refractivity contribution in [1.29, 1.82) is 0 Å². The van der Waals surface area contributed by atoms with Crippen molar-refractivity contribution in [2.45, 2.75) is 58.0 Å². The molecule has 0 atom stereocenters. The molecule has 158 valence electrons. The first-order chi connectivity index (χ1) is 14.7. The SMILES string of the molecule is CC(C)n1cnc2c(N3CCCC3)nc(C3CCN(Cc4cccnc4)CC3)cc21. The lowest BCUT2D eigenvalue weighted by molar-refractivity contribution is 0.203. The highest BCUT2D eigenvalue weighted by molar-refractivity contribution is 5.87. The van der Waals surface area contributed by atoms with Gasteiger partial charge >= 0.3 is 0 Å². The Labute approximate surface area is 179 Å². The van der Waals surface area contributed by atoms with Crippen LogP contribution >= 0.6 is 0 Å². The Kier molecular flexibility index (Phi) is 5.42. The maximum Gasteiger partial charge on any atom is 0.157 e. The van der Waals surface area contributed by atoms with E-state index in [9.17, 15) is 0 Å². The molecule has 0 aromatic carbocycles. The van der Waals surface area contributed by atoms with E-state index in [1.54, 1.807) is 0 Å². The summed E-state index contributed by atoms with van der Waals surface area (Å²) in [6.07, 6.45) is 10.7. The molecule has 0 radical (unpaired) electrons. The molecule has 6 nitrogen and oxygen atoms in total. The molecule has 0 unspecified atom stereocenters. The first-order valence-electron chi connectivity index (χ1n) is 11.4. The molecule has 0 spiro atoms. The number of likely N-dealkylation sites (tertiary alicyclic amines) is 1. The molecule has 0 bridgehead atoms. The molecule has 5 heterocycles. The van der Waals surface area contributed by atoms with Crippen LogP contribution in [0.25, 0.3) is 11.0 Å². The highest BCUT2D eigenvalue weighted by Gasteiger charge is 2.26. The lowest BCUT2D eigenvalue weighted by Crippen LogP contribution is -2.33. The zero-order valence-electron chi connectivity index (χ0n) is 18.2. The van der Waals surface area contributed by atoms with Gasteiger partial charge in [-0.05, 0) is 70.3 Å². The number of aromatic nitrogens is 4. The van der Waals surface area contributed by atoms with Crippen LogP contribution in [0.2, 0.25) is 0 Å². The molecule has 6 heteroatoms. The monoisotopic (exact) mass is 404 g/mol. The number of piperidine rings is 1. The number of pyridine rings is 2. The van der Waals surface area contributed by atoms with Crippen LogP contribution in [-0.4, -0.2) is 50.6 Å². The largest absolute Gasteiger partial charge is 0.355 e. The molecule has 0 saturated carbocycles. The summed E-state index contributed by atoms with van der Waals surface area (Å²) in [5, 5.41) is 0. The number of fused-ring (bicyclic) bond motifs is 1. The molecule has 0 aliphatic carbocycles. The summed E-state index contributed by atoms with van der Waals surface area (Å²) in [6, 6.07) is 6.92. The van der Waals surface area contributed by atoms with Crippen molar-refractivity contribution in [2.24, 2.45) is 0 Å². The maximum atomic E-state index is 5.21. The van der Waals surface area contributed by atoms with Crippen LogP contribution in [-0.2, 0) is 6.54 Å². The van der Waals surface area contributed by atoms with E-state index in [-0.39, 0.29) is 0 Å². The fourth-order valence-electron chi connectivity index (χ4n) is 4.94. The van der Waals surface area contributed by atoms with Gasteiger partial charge in [0.25, 0.3) is 0 Å². The molecule has 0 amide bonds. The van der Waals surface area contributed by atoms with E-state index >= 15 is 0 Å². The van der Waals surface area contributed by atoms with Crippen molar-refractivity contribution >= 4 is 16.9 Å².